The van der Waals surface area contributed by atoms with Gasteiger partial charge in [0.2, 0.25) is 0 Å². The SMILES string of the molecule is [N-]=[N+]=N[C@@H]1CC[C@@H](NC(=O)OCC2c3ccccc3-c3ccccc32)[C@H](C(=O)O)C1. The summed E-state index contributed by atoms with van der Waals surface area (Å²) in [6.07, 6.45) is 0.524. The first kappa shape index (κ1) is 19.8. The quantitative estimate of drug-likeness (QED) is 0.432. The Labute approximate surface area is 173 Å². The van der Waals surface area contributed by atoms with E-state index in [-0.39, 0.29) is 25.0 Å². The van der Waals surface area contributed by atoms with Crippen LogP contribution in [0.1, 0.15) is 36.3 Å². The molecule has 0 bridgehead atoms. The van der Waals surface area contributed by atoms with Crippen LogP contribution in [-0.2, 0) is 9.53 Å². The van der Waals surface area contributed by atoms with E-state index in [1.807, 2.05) is 36.4 Å². The van der Waals surface area contributed by atoms with Crippen LogP contribution in [0.15, 0.2) is 53.6 Å². The second-order valence-electron chi connectivity index (χ2n) is 7.69. The zero-order chi connectivity index (χ0) is 21.1. The summed E-state index contributed by atoms with van der Waals surface area (Å²) in [6, 6.07) is 15.2. The van der Waals surface area contributed by atoms with Gasteiger partial charge in [-0.1, -0.05) is 53.6 Å². The number of nitrogens with one attached hydrogen (secondary N) is 1. The average molecular weight is 406 g/mol. The Kier molecular flexibility index (Phi) is 5.59. The normalized spacial score (nSPS) is 22.3. The van der Waals surface area contributed by atoms with Crippen LogP contribution in [0, 0.1) is 5.92 Å². The van der Waals surface area contributed by atoms with Gasteiger partial charge in [0.1, 0.15) is 6.61 Å². The molecule has 1 saturated carbocycles. The molecule has 154 valence electrons. The van der Waals surface area contributed by atoms with Gasteiger partial charge in [-0.2, -0.15) is 0 Å². The molecule has 0 saturated heterocycles. The summed E-state index contributed by atoms with van der Waals surface area (Å²) < 4.78 is 5.52. The number of fused-ring (bicyclic) bond motifs is 3. The molecule has 8 nitrogen and oxygen atoms in total. The van der Waals surface area contributed by atoms with Gasteiger partial charge >= 0.3 is 12.1 Å². The van der Waals surface area contributed by atoms with Crippen LogP contribution in [0.4, 0.5) is 4.79 Å². The van der Waals surface area contributed by atoms with Crippen molar-refractivity contribution < 1.29 is 19.4 Å². The Morgan fingerprint density at radius 3 is 2.33 bits per heavy atom. The summed E-state index contributed by atoms with van der Waals surface area (Å²) in [5.41, 5.74) is 13.1. The first-order valence-corrected chi connectivity index (χ1v) is 9.97. The van der Waals surface area contributed by atoms with Gasteiger partial charge in [0, 0.05) is 22.9 Å². The Balaban J connectivity index is 1.42. The molecule has 2 aromatic carbocycles. The Morgan fingerprint density at radius 2 is 1.73 bits per heavy atom. The number of carbonyl (C=O) groups excluding carboxylic acids is 1. The van der Waals surface area contributed by atoms with Gasteiger partial charge in [0.15, 0.2) is 0 Å². The minimum Gasteiger partial charge on any atom is -0.481 e. The zero-order valence-electron chi connectivity index (χ0n) is 16.3. The standard InChI is InChI=1S/C22H22N4O4/c23-26-25-13-9-10-20(18(11-13)21(27)28)24-22(29)30-12-19-16-7-3-1-5-14(16)15-6-2-4-8-17(15)19/h1-8,13,18-20H,9-12H2,(H,24,29)(H,27,28)/t13-,18-,20-/m1/s1. The fourth-order valence-electron chi connectivity index (χ4n) is 4.56. The Bertz CT molecular complexity index is 972. The van der Waals surface area contributed by atoms with Gasteiger partial charge in [0.05, 0.1) is 5.92 Å². The predicted octanol–water partition coefficient (Wildman–Crippen LogP) is 4.46. The number of aliphatic carboxylic acids is 1. The van der Waals surface area contributed by atoms with Crippen molar-refractivity contribution in [3.63, 3.8) is 0 Å². The molecule has 0 aromatic heterocycles. The summed E-state index contributed by atoms with van der Waals surface area (Å²) in [5, 5.41) is 15.8. The third-order valence-electron chi connectivity index (χ3n) is 6.00. The third-order valence-corrected chi connectivity index (χ3v) is 6.00. The highest BCUT2D eigenvalue weighted by Crippen LogP contribution is 2.44. The lowest BCUT2D eigenvalue weighted by Crippen LogP contribution is -2.47. The fourth-order valence-corrected chi connectivity index (χ4v) is 4.56. The van der Waals surface area contributed by atoms with Crippen molar-refractivity contribution in [1.82, 2.24) is 5.32 Å². The van der Waals surface area contributed by atoms with E-state index in [1.165, 1.54) is 0 Å². The number of alkyl carbamates (subject to hydrolysis) is 1. The van der Waals surface area contributed by atoms with Crippen molar-refractivity contribution in [2.75, 3.05) is 6.61 Å². The van der Waals surface area contributed by atoms with Gasteiger partial charge in [0.25, 0.3) is 0 Å². The fraction of sp³-hybridized carbons (Fsp3) is 0.364. The van der Waals surface area contributed by atoms with Gasteiger partial charge < -0.3 is 15.2 Å². The van der Waals surface area contributed by atoms with Crippen molar-refractivity contribution in [3.05, 3.63) is 70.1 Å². The molecule has 0 unspecified atom stereocenters. The van der Waals surface area contributed by atoms with E-state index in [9.17, 15) is 14.7 Å². The lowest BCUT2D eigenvalue weighted by atomic mass is 9.82. The van der Waals surface area contributed by atoms with Gasteiger partial charge in [-0.3, -0.25) is 4.79 Å². The highest BCUT2D eigenvalue weighted by molar-refractivity contribution is 5.79. The number of hydrogen-bond donors (Lipinski definition) is 2. The molecular weight excluding hydrogens is 384 g/mol. The number of rotatable bonds is 5. The van der Waals surface area contributed by atoms with Crippen molar-refractivity contribution in [3.8, 4) is 11.1 Å². The topological polar surface area (TPSA) is 124 Å². The molecular formula is C22H22N4O4. The molecule has 0 aliphatic heterocycles. The zero-order valence-corrected chi connectivity index (χ0v) is 16.3. The van der Waals surface area contributed by atoms with E-state index < -0.39 is 24.0 Å². The number of amides is 1. The van der Waals surface area contributed by atoms with Crippen molar-refractivity contribution >= 4 is 12.1 Å². The van der Waals surface area contributed by atoms with E-state index in [0.29, 0.717) is 12.8 Å². The molecule has 2 aliphatic rings. The van der Waals surface area contributed by atoms with Crippen LogP contribution in [0.3, 0.4) is 0 Å². The number of benzene rings is 2. The second-order valence-corrected chi connectivity index (χ2v) is 7.69. The van der Waals surface area contributed by atoms with Crippen LogP contribution >= 0.6 is 0 Å². The van der Waals surface area contributed by atoms with Gasteiger partial charge in [-0.25, -0.2) is 4.79 Å². The Morgan fingerprint density at radius 1 is 1.10 bits per heavy atom. The van der Waals surface area contributed by atoms with Crippen LogP contribution in [-0.4, -0.2) is 35.9 Å². The summed E-state index contributed by atoms with van der Waals surface area (Å²) in [6.45, 7) is 0.172. The summed E-state index contributed by atoms with van der Waals surface area (Å²) in [4.78, 5) is 26.8. The molecule has 4 rings (SSSR count). The molecule has 0 spiro atoms. The number of carboxylic acids is 1. The lowest BCUT2D eigenvalue weighted by Gasteiger charge is -2.32. The van der Waals surface area contributed by atoms with E-state index >= 15 is 0 Å². The van der Waals surface area contributed by atoms with Gasteiger partial charge in [-0.15, -0.1) is 0 Å². The molecule has 0 heterocycles. The molecule has 3 atom stereocenters. The second kappa shape index (κ2) is 8.47. The highest BCUT2D eigenvalue weighted by Gasteiger charge is 2.36. The molecule has 2 N–H and O–H groups in total. The smallest absolute Gasteiger partial charge is 0.407 e. The van der Waals surface area contributed by atoms with Crippen molar-refractivity contribution in [2.24, 2.45) is 11.0 Å². The summed E-state index contributed by atoms with van der Waals surface area (Å²) in [5.74, 6) is -1.88. The summed E-state index contributed by atoms with van der Waals surface area (Å²) in [7, 11) is 0. The predicted molar refractivity (Wildman–Crippen MR) is 110 cm³/mol. The number of nitrogens with zero attached hydrogens (tertiary/aromatic N) is 3. The maximum absolute atomic E-state index is 12.5. The highest BCUT2D eigenvalue weighted by atomic mass is 16.5. The number of carboxylic acid groups (broad SMARTS) is 1. The van der Waals surface area contributed by atoms with Crippen molar-refractivity contribution in [1.29, 1.82) is 0 Å². The minimum absolute atomic E-state index is 0.0564. The molecule has 8 heteroatoms. The van der Waals surface area contributed by atoms with E-state index in [2.05, 4.69) is 27.5 Å². The molecule has 1 amide bonds. The lowest BCUT2D eigenvalue weighted by molar-refractivity contribution is -0.143. The maximum Gasteiger partial charge on any atom is 0.407 e. The van der Waals surface area contributed by atoms with E-state index in [0.717, 1.165) is 22.3 Å². The number of ether oxygens (including phenoxy) is 1. The van der Waals surface area contributed by atoms with Crippen LogP contribution in [0.2, 0.25) is 0 Å². The van der Waals surface area contributed by atoms with Crippen molar-refractivity contribution in [2.45, 2.75) is 37.3 Å². The van der Waals surface area contributed by atoms with Crippen LogP contribution in [0.5, 0.6) is 0 Å². The molecule has 1 fully saturated rings. The monoisotopic (exact) mass is 406 g/mol. The van der Waals surface area contributed by atoms with E-state index in [4.69, 9.17) is 10.3 Å². The number of azide groups is 1. The maximum atomic E-state index is 12.5. The number of carbonyl (C=O) groups is 2. The Hall–Kier alpha value is -3.51. The molecule has 2 aromatic rings. The minimum atomic E-state index is -1.02. The third kappa shape index (κ3) is 3.82. The van der Waals surface area contributed by atoms with Crippen LogP contribution in [0.25, 0.3) is 21.6 Å². The largest absolute Gasteiger partial charge is 0.481 e. The first-order valence-electron chi connectivity index (χ1n) is 9.97. The number of hydrogen-bond acceptors (Lipinski definition) is 4. The average Bonchev–Trinajstić information content (AvgIpc) is 3.07. The molecule has 30 heavy (non-hydrogen) atoms. The summed E-state index contributed by atoms with van der Waals surface area (Å²) >= 11 is 0. The van der Waals surface area contributed by atoms with Crippen LogP contribution < -0.4 is 5.32 Å². The molecule has 2 aliphatic carbocycles. The first-order chi connectivity index (χ1) is 14.6. The van der Waals surface area contributed by atoms with E-state index in [1.54, 1.807) is 0 Å². The van der Waals surface area contributed by atoms with Gasteiger partial charge in [-0.05, 0) is 47.0 Å². The molecule has 0 radical (unpaired) electrons.